The molecule has 0 atom stereocenters. The van der Waals surface area contributed by atoms with Gasteiger partial charge in [-0.05, 0) is 36.8 Å². The van der Waals surface area contributed by atoms with E-state index in [4.69, 9.17) is 11.6 Å². The number of aryl methyl sites for hydroxylation is 1. The van der Waals surface area contributed by atoms with Gasteiger partial charge in [0.15, 0.2) is 0 Å². The predicted octanol–water partition coefficient (Wildman–Crippen LogP) is 3.66. The Kier molecular flexibility index (Phi) is 6.65. The third kappa shape index (κ3) is 6.00. The molecule has 0 aliphatic rings. The minimum atomic E-state index is -0.435. The molecular formula is C18H17ClFN3O2. The first-order valence-corrected chi connectivity index (χ1v) is 7.96. The first-order valence-electron chi connectivity index (χ1n) is 7.58. The molecule has 0 saturated carbocycles. The zero-order chi connectivity index (χ0) is 18.2. The van der Waals surface area contributed by atoms with E-state index in [1.54, 1.807) is 30.3 Å². The molecular weight excluding hydrogens is 345 g/mol. The first kappa shape index (κ1) is 18.6. The third-order valence-electron chi connectivity index (χ3n) is 3.34. The van der Waals surface area contributed by atoms with Gasteiger partial charge in [-0.2, -0.15) is 5.10 Å². The van der Waals surface area contributed by atoms with E-state index in [-0.39, 0.29) is 24.3 Å². The molecule has 0 bridgehead atoms. The summed E-state index contributed by atoms with van der Waals surface area (Å²) in [4.78, 5) is 23.6. The fraction of sp³-hybridized carbons (Fsp3) is 0.167. The van der Waals surface area contributed by atoms with Crippen LogP contribution in [0.15, 0.2) is 47.6 Å². The fourth-order valence-corrected chi connectivity index (χ4v) is 2.24. The fourth-order valence-electron chi connectivity index (χ4n) is 2.02. The number of carbonyl (C=O) groups is 2. The summed E-state index contributed by atoms with van der Waals surface area (Å²) in [6.07, 6.45) is 1.18. The number of hydrogen-bond acceptors (Lipinski definition) is 3. The largest absolute Gasteiger partial charge is 0.326 e. The molecule has 0 heterocycles. The highest BCUT2D eigenvalue weighted by atomic mass is 35.5. The van der Waals surface area contributed by atoms with E-state index in [0.717, 1.165) is 5.56 Å². The molecule has 0 aliphatic heterocycles. The van der Waals surface area contributed by atoms with Gasteiger partial charge >= 0.3 is 0 Å². The van der Waals surface area contributed by atoms with Crippen LogP contribution in [0.25, 0.3) is 0 Å². The second-order valence-electron chi connectivity index (χ2n) is 5.32. The normalized spacial score (nSPS) is 10.7. The van der Waals surface area contributed by atoms with Crippen LogP contribution in [0.4, 0.5) is 10.1 Å². The molecule has 2 rings (SSSR count). The summed E-state index contributed by atoms with van der Waals surface area (Å²) >= 11 is 5.86. The Balaban J connectivity index is 1.77. The highest BCUT2D eigenvalue weighted by Crippen LogP contribution is 2.19. The highest BCUT2D eigenvalue weighted by molar-refractivity contribution is 6.30. The Bertz CT molecular complexity index is 809. The third-order valence-corrected chi connectivity index (χ3v) is 3.57. The summed E-state index contributed by atoms with van der Waals surface area (Å²) in [5.74, 6) is -1.16. The Morgan fingerprint density at radius 2 is 1.88 bits per heavy atom. The van der Waals surface area contributed by atoms with Gasteiger partial charge in [-0.1, -0.05) is 29.8 Å². The topological polar surface area (TPSA) is 70.6 Å². The number of amides is 2. The number of halogens is 2. The van der Waals surface area contributed by atoms with Gasteiger partial charge in [0.1, 0.15) is 5.82 Å². The zero-order valence-corrected chi connectivity index (χ0v) is 14.3. The lowest BCUT2D eigenvalue weighted by molar-refractivity contribution is -0.124. The summed E-state index contributed by atoms with van der Waals surface area (Å²) in [7, 11) is 0. The Labute approximate surface area is 149 Å². The van der Waals surface area contributed by atoms with Crippen molar-refractivity contribution in [1.82, 2.24) is 5.43 Å². The van der Waals surface area contributed by atoms with Gasteiger partial charge in [0, 0.05) is 29.1 Å². The van der Waals surface area contributed by atoms with Crippen LogP contribution in [0.5, 0.6) is 0 Å². The molecule has 2 amide bonds. The van der Waals surface area contributed by atoms with Crippen LogP contribution < -0.4 is 10.7 Å². The second-order valence-corrected chi connectivity index (χ2v) is 5.76. The van der Waals surface area contributed by atoms with Crippen molar-refractivity contribution in [2.45, 2.75) is 19.8 Å². The van der Waals surface area contributed by atoms with E-state index in [0.29, 0.717) is 10.7 Å². The lowest BCUT2D eigenvalue weighted by Crippen LogP contribution is -2.21. The predicted molar refractivity (Wildman–Crippen MR) is 96.2 cm³/mol. The maximum absolute atomic E-state index is 13.4. The minimum absolute atomic E-state index is 0.00309. The van der Waals surface area contributed by atoms with E-state index in [2.05, 4.69) is 15.8 Å². The van der Waals surface area contributed by atoms with E-state index >= 15 is 0 Å². The van der Waals surface area contributed by atoms with Crippen molar-refractivity contribution in [3.05, 3.63) is 64.4 Å². The molecule has 7 heteroatoms. The Hall–Kier alpha value is -2.73. The van der Waals surface area contributed by atoms with Crippen LogP contribution in [0.2, 0.25) is 5.02 Å². The standard InChI is InChI=1S/C18H17ClFN3O2/c1-12-10-14(19)6-7-16(12)22-17(24)8-9-18(25)23-21-11-13-4-2-3-5-15(13)20/h2-7,10-11H,8-9H2,1H3,(H,22,24)(H,23,25). The van der Waals surface area contributed by atoms with Crippen LogP contribution in [0.3, 0.4) is 0 Å². The van der Waals surface area contributed by atoms with Crippen LogP contribution in [0, 0.1) is 12.7 Å². The summed E-state index contributed by atoms with van der Waals surface area (Å²) in [5.41, 5.74) is 4.00. The average molecular weight is 362 g/mol. The number of hydrazone groups is 1. The maximum Gasteiger partial charge on any atom is 0.240 e. The van der Waals surface area contributed by atoms with E-state index in [1.165, 1.54) is 18.3 Å². The molecule has 0 radical (unpaired) electrons. The number of rotatable bonds is 6. The Morgan fingerprint density at radius 1 is 1.16 bits per heavy atom. The number of carbonyl (C=O) groups excluding carboxylic acids is 2. The molecule has 25 heavy (non-hydrogen) atoms. The van der Waals surface area contributed by atoms with Gasteiger partial charge < -0.3 is 5.32 Å². The molecule has 0 unspecified atom stereocenters. The number of benzene rings is 2. The molecule has 0 spiro atoms. The van der Waals surface area contributed by atoms with Crippen molar-refractivity contribution in [2.24, 2.45) is 5.10 Å². The molecule has 2 aromatic rings. The molecule has 0 saturated heterocycles. The van der Waals surface area contributed by atoms with Crippen molar-refractivity contribution in [2.75, 3.05) is 5.32 Å². The lowest BCUT2D eigenvalue weighted by Gasteiger charge is -2.08. The lowest BCUT2D eigenvalue weighted by atomic mass is 10.2. The van der Waals surface area contributed by atoms with Crippen molar-refractivity contribution < 1.29 is 14.0 Å². The van der Waals surface area contributed by atoms with Crippen LogP contribution in [-0.4, -0.2) is 18.0 Å². The van der Waals surface area contributed by atoms with Crippen molar-refractivity contribution in [3.63, 3.8) is 0 Å². The quantitative estimate of drug-likeness (QED) is 0.609. The molecule has 0 aromatic heterocycles. The summed E-state index contributed by atoms with van der Waals surface area (Å²) in [6, 6.07) is 11.2. The number of hydrogen-bond donors (Lipinski definition) is 2. The maximum atomic E-state index is 13.4. The van der Waals surface area contributed by atoms with Crippen molar-refractivity contribution in [3.8, 4) is 0 Å². The first-order chi connectivity index (χ1) is 12.0. The SMILES string of the molecule is Cc1cc(Cl)ccc1NC(=O)CCC(=O)NN=Cc1ccccc1F. The molecule has 0 aliphatic carbocycles. The highest BCUT2D eigenvalue weighted by Gasteiger charge is 2.08. The van der Waals surface area contributed by atoms with Crippen LogP contribution in [-0.2, 0) is 9.59 Å². The number of anilines is 1. The van der Waals surface area contributed by atoms with Crippen molar-refractivity contribution >= 4 is 35.3 Å². The zero-order valence-electron chi connectivity index (χ0n) is 13.6. The van der Waals surface area contributed by atoms with Gasteiger partial charge in [-0.3, -0.25) is 9.59 Å². The van der Waals surface area contributed by atoms with E-state index < -0.39 is 11.7 Å². The second kappa shape index (κ2) is 8.94. The van der Waals surface area contributed by atoms with E-state index in [1.807, 2.05) is 6.92 Å². The number of nitrogens with one attached hydrogen (secondary N) is 2. The smallest absolute Gasteiger partial charge is 0.240 e. The van der Waals surface area contributed by atoms with Crippen LogP contribution >= 0.6 is 11.6 Å². The minimum Gasteiger partial charge on any atom is -0.326 e. The van der Waals surface area contributed by atoms with Gasteiger partial charge in [-0.15, -0.1) is 0 Å². The summed E-state index contributed by atoms with van der Waals surface area (Å²) in [5, 5.41) is 6.98. The van der Waals surface area contributed by atoms with Gasteiger partial charge in [0.25, 0.3) is 0 Å². The van der Waals surface area contributed by atoms with Crippen LogP contribution in [0.1, 0.15) is 24.0 Å². The molecule has 130 valence electrons. The van der Waals surface area contributed by atoms with Gasteiger partial charge in [0.2, 0.25) is 11.8 Å². The Morgan fingerprint density at radius 3 is 2.60 bits per heavy atom. The molecule has 2 N–H and O–H groups in total. The number of nitrogens with zero attached hydrogens (tertiary/aromatic N) is 1. The van der Waals surface area contributed by atoms with E-state index in [9.17, 15) is 14.0 Å². The van der Waals surface area contributed by atoms with Gasteiger partial charge in [-0.25, -0.2) is 9.82 Å². The molecule has 0 fully saturated rings. The summed E-state index contributed by atoms with van der Waals surface area (Å²) in [6.45, 7) is 1.83. The monoisotopic (exact) mass is 361 g/mol. The van der Waals surface area contributed by atoms with Crippen molar-refractivity contribution in [1.29, 1.82) is 0 Å². The molecule has 5 nitrogen and oxygen atoms in total. The summed E-state index contributed by atoms with van der Waals surface area (Å²) < 4.78 is 13.4. The average Bonchev–Trinajstić information content (AvgIpc) is 2.57. The molecule has 2 aromatic carbocycles. The van der Waals surface area contributed by atoms with Gasteiger partial charge in [0.05, 0.1) is 6.21 Å².